The zero-order chi connectivity index (χ0) is 19.6. The number of hydrogen-bond acceptors (Lipinski definition) is 5. The molecule has 3 aromatic rings. The van der Waals surface area contributed by atoms with Crippen LogP contribution in [0.5, 0.6) is 0 Å². The number of aromatic nitrogens is 2. The number of hydrogen-bond donors (Lipinski definition) is 3. The molecule has 7 nitrogen and oxygen atoms in total. The molecule has 0 spiro atoms. The second kappa shape index (κ2) is 7.71. The fraction of sp³-hybridized carbons (Fsp3) is 0.263. The van der Waals surface area contributed by atoms with Gasteiger partial charge in [-0.1, -0.05) is 13.8 Å². The van der Waals surface area contributed by atoms with Crippen LogP contribution >= 0.6 is 11.3 Å². The van der Waals surface area contributed by atoms with Crippen LogP contribution in [0.15, 0.2) is 35.8 Å². The molecule has 140 valence electrons. The van der Waals surface area contributed by atoms with Gasteiger partial charge in [0.25, 0.3) is 5.91 Å². The Labute approximate surface area is 160 Å². The van der Waals surface area contributed by atoms with Crippen LogP contribution < -0.4 is 10.6 Å². The summed E-state index contributed by atoms with van der Waals surface area (Å²) < 4.78 is 0. The molecule has 3 rings (SSSR count). The van der Waals surface area contributed by atoms with Crippen LogP contribution in [0.3, 0.4) is 0 Å². The first-order chi connectivity index (χ1) is 12.8. The van der Waals surface area contributed by atoms with Crippen molar-refractivity contribution in [2.75, 3.05) is 5.32 Å². The van der Waals surface area contributed by atoms with Crippen LogP contribution in [0.2, 0.25) is 0 Å². The molecule has 0 saturated carbocycles. The molecule has 0 radical (unpaired) electrons. The first-order valence-electron chi connectivity index (χ1n) is 8.50. The van der Waals surface area contributed by atoms with E-state index in [2.05, 4.69) is 20.6 Å². The van der Waals surface area contributed by atoms with Crippen molar-refractivity contribution in [2.45, 2.75) is 26.8 Å². The number of nitrogens with zero attached hydrogens (tertiary/aromatic N) is 1. The van der Waals surface area contributed by atoms with Crippen molar-refractivity contribution in [1.29, 1.82) is 0 Å². The fourth-order valence-electron chi connectivity index (χ4n) is 2.70. The smallest absolute Gasteiger partial charge is 0.268 e. The van der Waals surface area contributed by atoms with E-state index in [0.29, 0.717) is 16.4 Å². The molecule has 1 atom stereocenters. The highest BCUT2D eigenvalue weighted by molar-refractivity contribution is 7.13. The summed E-state index contributed by atoms with van der Waals surface area (Å²) >= 11 is 1.31. The Bertz CT molecular complexity index is 992. The Kier molecular flexibility index (Phi) is 5.36. The summed E-state index contributed by atoms with van der Waals surface area (Å²) in [5.41, 5.74) is 1.66. The lowest BCUT2D eigenvalue weighted by Crippen LogP contribution is -2.47. The van der Waals surface area contributed by atoms with E-state index >= 15 is 0 Å². The largest absolute Gasteiger partial charge is 0.351 e. The van der Waals surface area contributed by atoms with Crippen LogP contribution in [-0.2, 0) is 4.79 Å². The number of ketones is 1. The molecule has 0 aliphatic carbocycles. The second-order valence-corrected chi connectivity index (χ2v) is 7.46. The number of thiazole rings is 1. The van der Waals surface area contributed by atoms with E-state index in [1.54, 1.807) is 35.8 Å². The maximum Gasteiger partial charge on any atom is 0.268 e. The third kappa shape index (κ3) is 4.22. The fourth-order valence-corrected chi connectivity index (χ4v) is 3.23. The second-order valence-electron chi connectivity index (χ2n) is 6.56. The lowest BCUT2D eigenvalue weighted by atomic mass is 10.0. The number of H-pyrrole nitrogens is 1. The number of benzene rings is 1. The van der Waals surface area contributed by atoms with Gasteiger partial charge in [-0.15, -0.1) is 11.3 Å². The van der Waals surface area contributed by atoms with Crippen molar-refractivity contribution < 1.29 is 14.4 Å². The van der Waals surface area contributed by atoms with Crippen LogP contribution in [-0.4, -0.2) is 33.6 Å². The van der Waals surface area contributed by atoms with Crippen molar-refractivity contribution in [3.63, 3.8) is 0 Å². The SMILES string of the molecule is CC(=O)c1ccc2[nH]c(C(=O)NC(C(=O)Nc3nccs3)C(C)C)cc2c1. The molecule has 3 N–H and O–H groups in total. The number of rotatable bonds is 6. The summed E-state index contributed by atoms with van der Waals surface area (Å²) in [6.45, 7) is 5.21. The van der Waals surface area contributed by atoms with Gasteiger partial charge in [0.2, 0.25) is 5.91 Å². The number of Topliss-reactive ketones (excluding diaryl/α,β-unsaturated/α-hetero) is 1. The Morgan fingerprint density at radius 2 is 1.96 bits per heavy atom. The summed E-state index contributed by atoms with van der Waals surface area (Å²) in [6.07, 6.45) is 1.60. The van der Waals surface area contributed by atoms with E-state index in [-0.39, 0.29) is 23.5 Å². The Balaban J connectivity index is 1.78. The van der Waals surface area contributed by atoms with Crippen LogP contribution in [0, 0.1) is 5.92 Å². The van der Waals surface area contributed by atoms with E-state index in [1.165, 1.54) is 18.3 Å². The van der Waals surface area contributed by atoms with Crippen molar-refractivity contribution in [1.82, 2.24) is 15.3 Å². The van der Waals surface area contributed by atoms with Crippen molar-refractivity contribution in [2.24, 2.45) is 5.92 Å². The van der Waals surface area contributed by atoms with E-state index in [4.69, 9.17) is 0 Å². The molecule has 0 aliphatic heterocycles. The third-order valence-electron chi connectivity index (χ3n) is 4.17. The molecule has 1 aromatic carbocycles. The molecule has 27 heavy (non-hydrogen) atoms. The summed E-state index contributed by atoms with van der Waals surface area (Å²) in [5, 5.41) is 8.50. The maximum atomic E-state index is 12.7. The van der Waals surface area contributed by atoms with Gasteiger partial charge in [-0.3, -0.25) is 14.4 Å². The van der Waals surface area contributed by atoms with Gasteiger partial charge in [0.1, 0.15) is 11.7 Å². The molecule has 0 aliphatic rings. The maximum absolute atomic E-state index is 12.7. The quantitative estimate of drug-likeness (QED) is 0.568. The van der Waals surface area contributed by atoms with E-state index in [1.807, 2.05) is 13.8 Å². The van der Waals surface area contributed by atoms with E-state index in [9.17, 15) is 14.4 Å². The highest BCUT2D eigenvalue weighted by Gasteiger charge is 2.26. The minimum atomic E-state index is -0.708. The molecule has 0 saturated heterocycles. The minimum absolute atomic E-state index is 0.0390. The molecule has 8 heteroatoms. The average molecular weight is 384 g/mol. The summed E-state index contributed by atoms with van der Waals surface area (Å²) in [4.78, 5) is 43.7. The van der Waals surface area contributed by atoms with Gasteiger partial charge in [0.15, 0.2) is 10.9 Å². The minimum Gasteiger partial charge on any atom is -0.351 e. The predicted octanol–water partition coefficient (Wildman–Crippen LogP) is 3.22. The van der Waals surface area contributed by atoms with Gasteiger partial charge < -0.3 is 15.6 Å². The highest BCUT2D eigenvalue weighted by atomic mass is 32.1. The van der Waals surface area contributed by atoms with E-state index in [0.717, 1.165) is 10.9 Å². The summed E-state index contributed by atoms with van der Waals surface area (Å²) in [6, 6.07) is 6.17. The van der Waals surface area contributed by atoms with Crippen molar-refractivity contribution in [3.8, 4) is 0 Å². The molecule has 2 amide bonds. The molecule has 1 unspecified atom stereocenters. The molecule has 2 aromatic heterocycles. The van der Waals surface area contributed by atoms with E-state index < -0.39 is 6.04 Å². The number of fused-ring (bicyclic) bond motifs is 1. The van der Waals surface area contributed by atoms with Gasteiger partial charge in [-0.05, 0) is 37.1 Å². The average Bonchev–Trinajstić information content (AvgIpc) is 3.27. The first-order valence-corrected chi connectivity index (χ1v) is 9.38. The number of anilines is 1. The van der Waals surface area contributed by atoms with Gasteiger partial charge in [-0.25, -0.2) is 4.98 Å². The standard InChI is InChI=1S/C19H20N4O3S/c1-10(2)16(18(26)23-19-20-6-7-27-19)22-17(25)15-9-13-8-12(11(3)24)4-5-14(13)21-15/h4-10,16,21H,1-3H3,(H,22,25)(H,20,23,26). The highest BCUT2D eigenvalue weighted by Crippen LogP contribution is 2.18. The Hall–Kier alpha value is -3.00. The van der Waals surface area contributed by atoms with Gasteiger partial charge in [0.05, 0.1) is 0 Å². The third-order valence-corrected chi connectivity index (χ3v) is 4.86. The number of aromatic amines is 1. The van der Waals surface area contributed by atoms with Crippen LogP contribution in [0.1, 0.15) is 41.6 Å². The first kappa shape index (κ1) is 18.8. The molecule has 0 bridgehead atoms. The van der Waals surface area contributed by atoms with Crippen LogP contribution in [0.25, 0.3) is 10.9 Å². The number of carbonyl (C=O) groups is 3. The van der Waals surface area contributed by atoms with Crippen molar-refractivity contribution in [3.05, 3.63) is 47.1 Å². The van der Waals surface area contributed by atoms with Gasteiger partial charge in [-0.2, -0.15) is 0 Å². The predicted molar refractivity (Wildman–Crippen MR) is 105 cm³/mol. The summed E-state index contributed by atoms with van der Waals surface area (Å²) in [5.74, 6) is -0.850. The molecule has 0 fully saturated rings. The number of nitrogens with one attached hydrogen (secondary N) is 3. The number of amides is 2. The van der Waals surface area contributed by atoms with Gasteiger partial charge in [0, 0.05) is 28.0 Å². The molecule has 2 heterocycles. The lowest BCUT2D eigenvalue weighted by molar-refractivity contribution is -0.118. The zero-order valence-electron chi connectivity index (χ0n) is 15.2. The zero-order valence-corrected chi connectivity index (χ0v) is 16.0. The normalized spacial score (nSPS) is 12.1. The number of carbonyl (C=O) groups excluding carboxylic acids is 3. The Morgan fingerprint density at radius 1 is 1.19 bits per heavy atom. The lowest BCUT2D eigenvalue weighted by Gasteiger charge is -2.20. The Morgan fingerprint density at radius 3 is 2.59 bits per heavy atom. The summed E-state index contributed by atoms with van der Waals surface area (Å²) in [7, 11) is 0. The molecular formula is C19H20N4O3S. The van der Waals surface area contributed by atoms with Crippen LogP contribution in [0.4, 0.5) is 5.13 Å². The monoisotopic (exact) mass is 384 g/mol. The molecular weight excluding hydrogens is 364 g/mol. The van der Waals surface area contributed by atoms with Crippen molar-refractivity contribution >= 4 is 45.0 Å². The van der Waals surface area contributed by atoms with Gasteiger partial charge >= 0.3 is 0 Å². The topological polar surface area (TPSA) is 104 Å².